The van der Waals surface area contributed by atoms with Crippen molar-refractivity contribution >= 4 is 40.6 Å². The van der Waals surface area contributed by atoms with E-state index in [1.54, 1.807) is 38.4 Å². The van der Waals surface area contributed by atoms with Gasteiger partial charge in [0.25, 0.3) is 0 Å². The van der Waals surface area contributed by atoms with Crippen LogP contribution in [0.3, 0.4) is 0 Å². The first-order valence-electron chi connectivity index (χ1n) is 14.7. The Balaban J connectivity index is 1.56. The van der Waals surface area contributed by atoms with Gasteiger partial charge in [-0.1, -0.05) is 43.3 Å². The van der Waals surface area contributed by atoms with Crippen molar-refractivity contribution in [3.05, 3.63) is 49.6 Å². The van der Waals surface area contributed by atoms with Gasteiger partial charge in [0.15, 0.2) is 0 Å². The van der Waals surface area contributed by atoms with Gasteiger partial charge in [0, 0.05) is 11.3 Å². The van der Waals surface area contributed by atoms with Gasteiger partial charge in [-0.15, -0.1) is 30.0 Å². The highest BCUT2D eigenvalue weighted by molar-refractivity contribution is 8.02. The monoisotopic (exact) mass is 595 g/mol. The Morgan fingerprint density at radius 2 is 2.02 bits per heavy atom. The van der Waals surface area contributed by atoms with E-state index in [1.165, 1.54) is 0 Å². The fourth-order valence-corrected chi connectivity index (χ4v) is 9.60. The highest BCUT2D eigenvalue weighted by atomic mass is 32.2. The van der Waals surface area contributed by atoms with Crippen LogP contribution in [0.1, 0.15) is 46.5 Å². The molecule has 11 heteroatoms. The lowest BCUT2D eigenvalue weighted by Crippen LogP contribution is -2.57. The number of esters is 1. The predicted octanol–water partition coefficient (Wildman–Crippen LogP) is 3.41. The summed E-state index contributed by atoms with van der Waals surface area (Å²) < 4.78 is 5.96. The van der Waals surface area contributed by atoms with Gasteiger partial charge in [0.05, 0.1) is 41.4 Å². The number of benzene rings is 1. The number of aliphatic hydroxyl groups is 1. The number of likely N-dealkylation sites (tertiary alicyclic amines) is 1. The van der Waals surface area contributed by atoms with Crippen molar-refractivity contribution in [3.63, 3.8) is 0 Å². The molecule has 2 bridgehead atoms. The van der Waals surface area contributed by atoms with Gasteiger partial charge in [-0.3, -0.25) is 14.4 Å². The van der Waals surface area contributed by atoms with Crippen molar-refractivity contribution in [2.45, 2.75) is 74.7 Å². The smallest absolute Gasteiger partial charge is 0.311 e. The molecule has 3 fully saturated rings. The SMILES string of the molecule is C=CCCOC(=O)[C@@H]1[C@H]2C(=O)N([C@@H](CO)CC(C)C)C(C(=O)N(CC=C)Cn3nnc4ccccc43)C23CC[C@@]1(C)S3. The molecule has 226 valence electrons. The highest BCUT2D eigenvalue weighted by Crippen LogP contribution is 2.71. The number of para-hydroxylation sites is 1. The second-order valence-electron chi connectivity index (χ2n) is 12.3. The van der Waals surface area contributed by atoms with Crippen molar-refractivity contribution in [2.75, 3.05) is 19.8 Å². The highest BCUT2D eigenvalue weighted by Gasteiger charge is 2.78. The quantitative estimate of drug-likeness (QED) is 0.213. The molecule has 1 N–H and O–H groups in total. The van der Waals surface area contributed by atoms with E-state index in [0.717, 1.165) is 5.52 Å². The number of ether oxygens (including phenoxy) is 1. The molecule has 0 aliphatic carbocycles. The van der Waals surface area contributed by atoms with E-state index in [1.807, 2.05) is 45.0 Å². The molecule has 10 nitrogen and oxygen atoms in total. The van der Waals surface area contributed by atoms with Gasteiger partial charge >= 0.3 is 5.97 Å². The van der Waals surface area contributed by atoms with E-state index in [-0.39, 0.29) is 44.2 Å². The van der Waals surface area contributed by atoms with Crippen molar-refractivity contribution in [1.82, 2.24) is 24.8 Å². The van der Waals surface area contributed by atoms with Crippen LogP contribution in [0.25, 0.3) is 11.0 Å². The molecule has 2 aromatic rings. The summed E-state index contributed by atoms with van der Waals surface area (Å²) in [6, 6.07) is 6.11. The topological polar surface area (TPSA) is 118 Å². The zero-order chi connectivity index (χ0) is 30.2. The van der Waals surface area contributed by atoms with Crippen molar-refractivity contribution in [3.8, 4) is 0 Å². The van der Waals surface area contributed by atoms with Gasteiger partial charge in [0.1, 0.15) is 18.2 Å². The molecule has 5 rings (SSSR count). The van der Waals surface area contributed by atoms with Crippen LogP contribution in [0.15, 0.2) is 49.6 Å². The van der Waals surface area contributed by atoms with Gasteiger partial charge < -0.3 is 19.6 Å². The van der Waals surface area contributed by atoms with Crippen LogP contribution in [0.5, 0.6) is 0 Å². The minimum atomic E-state index is -0.863. The van der Waals surface area contributed by atoms with Gasteiger partial charge in [-0.25, -0.2) is 4.68 Å². The summed E-state index contributed by atoms with van der Waals surface area (Å²) in [6.45, 7) is 13.9. The number of nitrogens with zero attached hydrogens (tertiary/aromatic N) is 5. The predicted molar refractivity (Wildman–Crippen MR) is 161 cm³/mol. The Hall–Kier alpha value is -3.18. The number of hydrogen-bond acceptors (Lipinski definition) is 8. The van der Waals surface area contributed by atoms with Crippen LogP contribution in [0.2, 0.25) is 0 Å². The van der Waals surface area contributed by atoms with Crippen LogP contribution in [-0.2, 0) is 25.8 Å². The average molecular weight is 596 g/mol. The molecule has 1 aromatic carbocycles. The molecule has 3 aliphatic heterocycles. The first-order chi connectivity index (χ1) is 20.1. The van der Waals surface area contributed by atoms with E-state index in [4.69, 9.17) is 4.74 Å². The summed E-state index contributed by atoms with van der Waals surface area (Å²) in [7, 11) is 0. The molecule has 0 saturated carbocycles. The summed E-state index contributed by atoms with van der Waals surface area (Å²) >= 11 is 1.59. The zero-order valence-electron chi connectivity index (χ0n) is 24.6. The lowest BCUT2D eigenvalue weighted by molar-refractivity contribution is -0.156. The van der Waals surface area contributed by atoms with Gasteiger partial charge in [-0.05, 0) is 50.7 Å². The Morgan fingerprint density at radius 1 is 1.26 bits per heavy atom. The summed E-state index contributed by atoms with van der Waals surface area (Å²) in [4.78, 5) is 46.1. The van der Waals surface area contributed by atoms with E-state index in [0.29, 0.717) is 31.2 Å². The first kappa shape index (κ1) is 30.3. The summed E-state index contributed by atoms with van der Waals surface area (Å²) in [6.07, 6.45) is 5.69. The largest absolute Gasteiger partial charge is 0.465 e. The summed E-state index contributed by atoms with van der Waals surface area (Å²) in [5, 5.41) is 19.1. The molecular formula is C31H41N5O5S. The molecule has 3 aliphatic rings. The number of carbonyl (C=O) groups is 3. The lowest BCUT2D eigenvalue weighted by Gasteiger charge is -2.40. The number of rotatable bonds is 13. The fourth-order valence-electron chi connectivity index (χ4n) is 7.28. The Morgan fingerprint density at radius 3 is 2.71 bits per heavy atom. The van der Waals surface area contributed by atoms with Crippen LogP contribution in [0, 0.1) is 17.8 Å². The second-order valence-corrected chi connectivity index (χ2v) is 14.1. The van der Waals surface area contributed by atoms with E-state index in [9.17, 15) is 19.5 Å². The van der Waals surface area contributed by atoms with Crippen LogP contribution in [0.4, 0.5) is 0 Å². The van der Waals surface area contributed by atoms with Gasteiger partial charge in [-0.2, -0.15) is 0 Å². The number of thioether (sulfide) groups is 1. The zero-order valence-corrected chi connectivity index (χ0v) is 25.5. The molecule has 6 atom stereocenters. The third-order valence-corrected chi connectivity index (χ3v) is 11.0. The van der Waals surface area contributed by atoms with E-state index in [2.05, 4.69) is 23.5 Å². The third kappa shape index (κ3) is 4.94. The Labute approximate surface area is 251 Å². The van der Waals surface area contributed by atoms with Crippen molar-refractivity contribution in [1.29, 1.82) is 0 Å². The molecule has 42 heavy (non-hydrogen) atoms. The lowest BCUT2D eigenvalue weighted by atomic mass is 9.66. The minimum absolute atomic E-state index is 0.119. The molecule has 1 aromatic heterocycles. The minimum Gasteiger partial charge on any atom is -0.465 e. The number of hydrogen-bond donors (Lipinski definition) is 1. The maximum atomic E-state index is 14.8. The third-order valence-electron chi connectivity index (χ3n) is 9.00. The number of carbonyl (C=O) groups excluding carboxylic acids is 3. The Kier molecular flexibility index (Phi) is 8.53. The standard InChI is InChI=1S/C31H41N5O5S/c1-6-8-16-41-29(40)25-24-27(38)36(21(18-37)17-20(3)4)26(31(24)14-13-30(25,5)42-31)28(39)34(15-7-2)19-35-23-12-10-9-11-22(23)32-33-35/h6-7,9-12,20-21,24-26,37H,1-2,8,13-19H2,3-5H3/t21-,24+,25+,26?,30-,31?/m1/s1. The number of fused-ring (bicyclic) bond motifs is 2. The summed E-state index contributed by atoms with van der Waals surface area (Å²) in [5.41, 5.74) is 1.50. The molecule has 2 amide bonds. The average Bonchev–Trinajstić information content (AvgIpc) is 3.66. The van der Waals surface area contributed by atoms with Crippen LogP contribution < -0.4 is 0 Å². The first-order valence-corrected chi connectivity index (χ1v) is 15.5. The number of amides is 2. The number of aliphatic hydroxyl groups excluding tert-OH is 1. The molecule has 1 spiro atoms. The maximum absolute atomic E-state index is 14.8. The van der Waals surface area contributed by atoms with E-state index >= 15 is 0 Å². The molecule has 0 radical (unpaired) electrons. The van der Waals surface area contributed by atoms with Gasteiger partial charge in [0.2, 0.25) is 11.8 Å². The van der Waals surface area contributed by atoms with Crippen molar-refractivity contribution in [2.24, 2.45) is 17.8 Å². The molecule has 2 unspecified atom stereocenters. The normalized spacial score (nSPS) is 28.7. The fraction of sp³-hybridized carbons (Fsp3) is 0.581. The van der Waals surface area contributed by atoms with Crippen molar-refractivity contribution < 1.29 is 24.2 Å². The molecular weight excluding hydrogens is 554 g/mol. The Bertz CT molecular complexity index is 1380. The van der Waals surface area contributed by atoms with Crippen LogP contribution >= 0.6 is 11.8 Å². The maximum Gasteiger partial charge on any atom is 0.311 e. The van der Waals surface area contributed by atoms with Crippen LogP contribution in [-0.4, -0.2) is 89.0 Å². The number of aromatic nitrogens is 3. The second kappa shape index (κ2) is 11.8. The molecule has 3 saturated heterocycles. The molecule has 4 heterocycles. The van der Waals surface area contributed by atoms with E-state index < -0.39 is 39.4 Å². The summed E-state index contributed by atoms with van der Waals surface area (Å²) in [5.74, 6) is -2.12.